The fourth-order valence-electron chi connectivity index (χ4n) is 1.71. The molecule has 1 fully saturated rings. The highest BCUT2D eigenvalue weighted by atomic mass is 32.2. The van der Waals surface area contributed by atoms with Gasteiger partial charge >= 0.3 is 0 Å². The SMILES string of the molecule is CSCC[C@@H](N)C(=O)NCC1(CCO)CC1. The van der Waals surface area contributed by atoms with Crippen LogP contribution in [0.4, 0.5) is 0 Å². The zero-order valence-corrected chi connectivity index (χ0v) is 10.7. The molecular weight excluding hydrogens is 224 g/mol. The van der Waals surface area contributed by atoms with Gasteiger partial charge in [0.1, 0.15) is 0 Å². The van der Waals surface area contributed by atoms with Crippen molar-refractivity contribution in [3.63, 3.8) is 0 Å². The zero-order valence-electron chi connectivity index (χ0n) is 9.87. The van der Waals surface area contributed by atoms with Crippen LogP contribution in [-0.4, -0.2) is 42.2 Å². The Labute approximate surface area is 101 Å². The van der Waals surface area contributed by atoms with Crippen LogP contribution in [0, 0.1) is 5.41 Å². The average molecular weight is 246 g/mol. The Bertz CT molecular complexity index is 232. The number of thioether (sulfide) groups is 1. The molecule has 1 saturated carbocycles. The number of aliphatic hydroxyl groups is 1. The summed E-state index contributed by atoms with van der Waals surface area (Å²) in [7, 11) is 0. The summed E-state index contributed by atoms with van der Waals surface area (Å²) in [6, 6.07) is -0.391. The lowest BCUT2D eigenvalue weighted by Gasteiger charge is -2.17. The number of nitrogens with one attached hydrogen (secondary N) is 1. The highest BCUT2D eigenvalue weighted by molar-refractivity contribution is 7.98. The fourth-order valence-corrected chi connectivity index (χ4v) is 2.20. The van der Waals surface area contributed by atoms with E-state index in [1.54, 1.807) is 11.8 Å². The summed E-state index contributed by atoms with van der Waals surface area (Å²) in [5.41, 5.74) is 5.92. The first kappa shape index (κ1) is 13.8. The molecule has 1 rings (SSSR count). The topological polar surface area (TPSA) is 75.4 Å². The van der Waals surface area contributed by atoms with Crippen LogP contribution in [0.3, 0.4) is 0 Å². The minimum absolute atomic E-state index is 0.0572. The first-order chi connectivity index (χ1) is 7.63. The molecule has 1 aliphatic rings. The lowest BCUT2D eigenvalue weighted by Crippen LogP contribution is -2.43. The van der Waals surface area contributed by atoms with E-state index in [-0.39, 0.29) is 17.9 Å². The van der Waals surface area contributed by atoms with Gasteiger partial charge in [-0.15, -0.1) is 0 Å². The summed E-state index contributed by atoms with van der Waals surface area (Å²) in [4.78, 5) is 11.6. The van der Waals surface area contributed by atoms with Gasteiger partial charge in [0.05, 0.1) is 6.04 Å². The van der Waals surface area contributed by atoms with E-state index >= 15 is 0 Å². The quantitative estimate of drug-likeness (QED) is 0.577. The van der Waals surface area contributed by atoms with E-state index in [2.05, 4.69) is 5.32 Å². The second kappa shape index (κ2) is 6.47. The van der Waals surface area contributed by atoms with Crippen LogP contribution in [0.15, 0.2) is 0 Å². The number of hydrogen-bond donors (Lipinski definition) is 3. The van der Waals surface area contributed by atoms with Crippen molar-refractivity contribution < 1.29 is 9.90 Å². The highest BCUT2D eigenvalue weighted by Crippen LogP contribution is 2.47. The van der Waals surface area contributed by atoms with E-state index in [4.69, 9.17) is 10.8 Å². The fraction of sp³-hybridized carbons (Fsp3) is 0.909. The molecule has 4 nitrogen and oxygen atoms in total. The lowest BCUT2D eigenvalue weighted by molar-refractivity contribution is -0.122. The van der Waals surface area contributed by atoms with Crippen LogP contribution < -0.4 is 11.1 Å². The van der Waals surface area contributed by atoms with Gasteiger partial charge in [-0.25, -0.2) is 0 Å². The van der Waals surface area contributed by atoms with E-state index < -0.39 is 6.04 Å². The lowest BCUT2D eigenvalue weighted by atomic mass is 10.0. The Morgan fingerprint density at radius 2 is 2.31 bits per heavy atom. The van der Waals surface area contributed by atoms with E-state index in [1.165, 1.54) is 0 Å². The van der Waals surface area contributed by atoms with Gasteiger partial charge in [-0.05, 0) is 43.1 Å². The van der Waals surface area contributed by atoms with Crippen molar-refractivity contribution in [2.45, 2.75) is 31.7 Å². The smallest absolute Gasteiger partial charge is 0.236 e. The molecule has 0 aliphatic heterocycles. The Morgan fingerprint density at radius 1 is 1.62 bits per heavy atom. The van der Waals surface area contributed by atoms with E-state index in [0.29, 0.717) is 6.54 Å². The number of carbonyl (C=O) groups is 1. The summed E-state index contributed by atoms with van der Waals surface area (Å²) >= 11 is 1.70. The zero-order chi connectivity index (χ0) is 12.0. The van der Waals surface area contributed by atoms with Crippen molar-refractivity contribution in [1.82, 2.24) is 5.32 Å². The molecule has 0 heterocycles. The molecule has 1 amide bonds. The highest BCUT2D eigenvalue weighted by Gasteiger charge is 2.42. The van der Waals surface area contributed by atoms with Gasteiger partial charge in [0.25, 0.3) is 0 Å². The maximum absolute atomic E-state index is 11.6. The minimum Gasteiger partial charge on any atom is -0.396 e. The van der Waals surface area contributed by atoms with E-state index in [0.717, 1.165) is 31.4 Å². The van der Waals surface area contributed by atoms with Gasteiger partial charge in [0.2, 0.25) is 5.91 Å². The number of hydrogen-bond acceptors (Lipinski definition) is 4. The predicted octanol–water partition coefficient (Wildman–Crippen LogP) is 0.346. The average Bonchev–Trinajstić information content (AvgIpc) is 3.03. The van der Waals surface area contributed by atoms with Crippen LogP contribution in [0.1, 0.15) is 25.7 Å². The van der Waals surface area contributed by atoms with Gasteiger partial charge in [-0.3, -0.25) is 4.79 Å². The van der Waals surface area contributed by atoms with Gasteiger partial charge in [0.15, 0.2) is 0 Å². The second-order valence-electron chi connectivity index (χ2n) is 4.58. The van der Waals surface area contributed by atoms with Crippen molar-refractivity contribution in [2.24, 2.45) is 11.1 Å². The van der Waals surface area contributed by atoms with Crippen molar-refractivity contribution in [1.29, 1.82) is 0 Å². The molecule has 94 valence electrons. The third-order valence-electron chi connectivity index (χ3n) is 3.21. The van der Waals surface area contributed by atoms with Gasteiger partial charge in [-0.2, -0.15) is 11.8 Å². The maximum atomic E-state index is 11.6. The first-order valence-corrected chi connectivity index (χ1v) is 7.16. The molecule has 0 unspecified atom stereocenters. The van der Waals surface area contributed by atoms with Crippen LogP contribution in [0.25, 0.3) is 0 Å². The summed E-state index contributed by atoms with van der Waals surface area (Å²) in [5.74, 6) is 0.856. The van der Waals surface area contributed by atoms with Crippen molar-refractivity contribution in [2.75, 3.05) is 25.2 Å². The molecule has 0 spiro atoms. The Morgan fingerprint density at radius 3 is 2.81 bits per heavy atom. The first-order valence-electron chi connectivity index (χ1n) is 5.77. The Balaban J connectivity index is 2.19. The molecule has 0 aromatic rings. The van der Waals surface area contributed by atoms with Crippen LogP contribution in [0.5, 0.6) is 0 Å². The summed E-state index contributed by atoms with van der Waals surface area (Å²) in [5, 5.41) is 11.8. The summed E-state index contributed by atoms with van der Waals surface area (Å²) in [6.45, 7) is 0.869. The molecule has 0 bridgehead atoms. The predicted molar refractivity (Wildman–Crippen MR) is 67.4 cm³/mol. The van der Waals surface area contributed by atoms with Gasteiger partial charge in [-0.1, -0.05) is 0 Å². The van der Waals surface area contributed by atoms with Crippen LogP contribution in [-0.2, 0) is 4.79 Å². The molecule has 16 heavy (non-hydrogen) atoms. The molecule has 0 aromatic heterocycles. The van der Waals surface area contributed by atoms with Crippen LogP contribution in [0.2, 0.25) is 0 Å². The second-order valence-corrected chi connectivity index (χ2v) is 5.56. The molecular formula is C11H22N2O2S. The van der Waals surface area contributed by atoms with Crippen molar-refractivity contribution in [3.8, 4) is 0 Å². The molecule has 4 N–H and O–H groups in total. The summed E-state index contributed by atoms with van der Waals surface area (Å²) < 4.78 is 0. The number of nitrogens with two attached hydrogens (primary N) is 1. The third kappa shape index (κ3) is 4.31. The van der Waals surface area contributed by atoms with Gasteiger partial charge < -0.3 is 16.2 Å². The third-order valence-corrected chi connectivity index (χ3v) is 3.85. The Hall–Kier alpha value is -0.260. The Kier molecular flexibility index (Phi) is 5.58. The van der Waals surface area contributed by atoms with Crippen molar-refractivity contribution in [3.05, 3.63) is 0 Å². The molecule has 0 saturated heterocycles. The number of amides is 1. The van der Waals surface area contributed by atoms with Gasteiger partial charge in [0, 0.05) is 13.2 Å². The molecule has 0 radical (unpaired) electrons. The largest absolute Gasteiger partial charge is 0.396 e. The van der Waals surface area contributed by atoms with E-state index in [9.17, 15) is 4.79 Å². The minimum atomic E-state index is -0.391. The van der Waals surface area contributed by atoms with E-state index in [1.807, 2.05) is 6.26 Å². The normalized spacial score (nSPS) is 19.2. The monoisotopic (exact) mass is 246 g/mol. The number of aliphatic hydroxyl groups excluding tert-OH is 1. The van der Waals surface area contributed by atoms with Crippen LogP contribution >= 0.6 is 11.8 Å². The van der Waals surface area contributed by atoms with Crippen molar-refractivity contribution >= 4 is 17.7 Å². The molecule has 0 aromatic carbocycles. The number of carbonyl (C=O) groups excluding carboxylic acids is 1. The molecule has 1 atom stereocenters. The molecule has 5 heteroatoms. The molecule has 1 aliphatic carbocycles. The number of rotatable bonds is 8. The maximum Gasteiger partial charge on any atom is 0.236 e. The standard InChI is InChI=1S/C11H22N2O2S/c1-16-7-2-9(12)10(15)13-8-11(3-4-11)5-6-14/h9,14H,2-8,12H2,1H3,(H,13,15)/t9-/m1/s1. The summed E-state index contributed by atoms with van der Waals surface area (Å²) in [6.07, 6.45) is 5.72.